The molecule has 1 aliphatic carbocycles. The van der Waals surface area contributed by atoms with Crippen molar-refractivity contribution in [3.8, 4) is 5.75 Å². The molecule has 0 bridgehead atoms. The van der Waals surface area contributed by atoms with Crippen molar-refractivity contribution in [3.63, 3.8) is 0 Å². The molecule has 1 aliphatic heterocycles. The van der Waals surface area contributed by atoms with Crippen molar-refractivity contribution in [2.45, 2.75) is 70.4 Å². The van der Waals surface area contributed by atoms with Crippen molar-refractivity contribution in [2.75, 3.05) is 13.2 Å². The first-order chi connectivity index (χ1) is 14.2. The van der Waals surface area contributed by atoms with Crippen LogP contribution in [0.4, 0.5) is 0 Å². The lowest BCUT2D eigenvalue weighted by Crippen LogP contribution is -2.38. The standard InChI is InChI=1S/C23H32N2O4/c26-17-20(24-22(27)12-10-18-6-2-1-3-7-18)11-13-23(28)25-14-15-29-21-9-5-4-8-19(21)16-25/h4-5,8-9,17-18,20H,1-3,6-7,10-16H2,(H,24,27)/t20-/m0/s1. The maximum absolute atomic E-state index is 12.6. The van der Waals surface area contributed by atoms with Crippen molar-refractivity contribution in [3.05, 3.63) is 29.8 Å². The Morgan fingerprint density at radius 2 is 1.97 bits per heavy atom. The molecule has 0 saturated heterocycles. The predicted molar refractivity (Wildman–Crippen MR) is 110 cm³/mol. The third kappa shape index (κ3) is 6.58. The van der Waals surface area contributed by atoms with E-state index in [1.54, 1.807) is 4.90 Å². The number of amides is 2. The highest BCUT2D eigenvalue weighted by atomic mass is 16.5. The molecule has 0 spiro atoms. The summed E-state index contributed by atoms with van der Waals surface area (Å²) in [7, 11) is 0. The van der Waals surface area contributed by atoms with Gasteiger partial charge in [0.2, 0.25) is 11.8 Å². The van der Waals surface area contributed by atoms with Crippen molar-refractivity contribution >= 4 is 18.1 Å². The number of para-hydroxylation sites is 1. The Balaban J connectivity index is 1.41. The summed E-state index contributed by atoms with van der Waals surface area (Å²) >= 11 is 0. The molecule has 29 heavy (non-hydrogen) atoms. The highest BCUT2D eigenvalue weighted by molar-refractivity contribution is 5.80. The second-order valence-corrected chi connectivity index (χ2v) is 8.16. The Morgan fingerprint density at radius 3 is 2.76 bits per heavy atom. The third-order valence-corrected chi connectivity index (χ3v) is 5.99. The molecule has 2 aliphatic rings. The van der Waals surface area contributed by atoms with Crippen LogP contribution in [0.5, 0.6) is 5.75 Å². The van der Waals surface area contributed by atoms with Crippen molar-refractivity contribution in [1.29, 1.82) is 0 Å². The minimum Gasteiger partial charge on any atom is -0.491 e. The zero-order chi connectivity index (χ0) is 20.5. The topological polar surface area (TPSA) is 75.7 Å². The second-order valence-electron chi connectivity index (χ2n) is 8.16. The first kappa shape index (κ1) is 21.3. The van der Waals surface area contributed by atoms with Gasteiger partial charge < -0.3 is 19.7 Å². The Kier molecular flexibility index (Phi) is 8.08. The van der Waals surface area contributed by atoms with Crippen LogP contribution in [0.25, 0.3) is 0 Å². The van der Waals surface area contributed by atoms with E-state index in [-0.39, 0.29) is 18.2 Å². The SMILES string of the molecule is O=C[C@H](CCC(=O)N1CCOc2ccccc2C1)NC(=O)CCC1CCCCC1. The monoisotopic (exact) mass is 400 g/mol. The van der Waals surface area contributed by atoms with E-state index in [1.165, 1.54) is 32.1 Å². The smallest absolute Gasteiger partial charge is 0.223 e. The quantitative estimate of drug-likeness (QED) is 0.680. The van der Waals surface area contributed by atoms with Gasteiger partial charge in [-0.2, -0.15) is 0 Å². The number of benzene rings is 1. The summed E-state index contributed by atoms with van der Waals surface area (Å²) in [5, 5.41) is 2.79. The van der Waals surface area contributed by atoms with Crippen LogP contribution in [0.15, 0.2) is 24.3 Å². The molecule has 1 atom stereocenters. The number of ether oxygens (including phenoxy) is 1. The van der Waals surface area contributed by atoms with Crippen LogP contribution in [0.1, 0.15) is 63.4 Å². The first-order valence-electron chi connectivity index (χ1n) is 10.9. The fourth-order valence-electron chi connectivity index (χ4n) is 4.24. The van der Waals surface area contributed by atoms with Crippen LogP contribution >= 0.6 is 0 Å². The van der Waals surface area contributed by atoms with Crippen LogP contribution in [-0.4, -0.2) is 42.2 Å². The highest BCUT2D eigenvalue weighted by Gasteiger charge is 2.21. The van der Waals surface area contributed by atoms with Gasteiger partial charge in [0, 0.05) is 24.9 Å². The van der Waals surface area contributed by atoms with Gasteiger partial charge in [0.1, 0.15) is 18.6 Å². The van der Waals surface area contributed by atoms with Crippen LogP contribution in [-0.2, 0) is 20.9 Å². The molecule has 1 aromatic carbocycles. The number of rotatable bonds is 8. The number of fused-ring (bicyclic) bond motifs is 1. The minimum absolute atomic E-state index is 0.0198. The zero-order valence-electron chi connectivity index (χ0n) is 17.1. The molecule has 1 heterocycles. The summed E-state index contributed by atoms with van der Waals surface area (Å²) in [5.41, 5.74) is 0.987. The maximum atomic E-state index is 12.6. The van der Waals surface area contributed by atoms with Gasteiger partial charge in [-0.05, 0) is 24.8 Å². The largest absolute Gasteiger partial charge is 0.491 e. The molecule has 1 N–H and O–H groups in total. The van der Waals surface area contributed by atoms with Gasteiger partial charge in [0.25, 0.3) is 0 Å². The zero-order valence-corrected chi connectivity index (χ0v) is 17.1. The van der Waals surface area contributed by atoms with E-state index in [9.17, 15) is 14.4 Å². The molecule has 1 aromatic rings. The number of carbonyl (C=O) groups is 3. The van der Waals surface area contributed by atoms with E-state index >= 15 is 0 Å². The minimum atomic E-state index is -0.603. The number of hydrogen-bond donors (Lipinski definition) is 1. The van der Waals surface area contributed by atoms with Crippen molar-refractivity contribution < 1.29 is 19.1 Å². The molecule has 0 radical (unpaired) electrons. The van der Waals surface area contributed by atoms with Crippen molar-refractivity contribution in [2.24, 2.45) is 5.92 Å². The van der Waals surface area contributed by atoms with Gasteiger partial charge in [0.15, 0.2) is 0 Å². The van der Waals surface area contributed by atoms with E-state index in [4.69, 9.17) is 4.74 Å². The molecule has 3 rings (SSSR count). The van der Waals surface area contributed by atoms with E-state index in [1.807, 2.05) is 24.3 Å². The molecule has 6 nitrogen and oxygen atoms in total. The highest BCUT2D eigenvalue weighted by Crippen LogP contribution is 2.27. The summed E-state index contributed by atoms with van der Waals surface area (Å²) in [4.78, 5) is 38.0. The first-order valence-corrected chi connectivity index (χ1v) is 10.9. The Labute approximate surface area is 173 Å². The number of hydrogen-bond acceptors (Lipinski definition) is 4. The molecular weight excluding hydrogens is 368 g/mol. The van der Waals surface area contributed by atoms with E-state index in [0.717, 1.165) is 24.0 Å². The molecular formula is C23H32N2O4. The maximum Gasteiger partial charge on any atom is 0.223 e. The Hall–Kier alpha value is -2.37. The number of nitrogens with one attached hydrogen (secondary N) is 1. The van der Waals surface area contributed by atoms with Crippen LogP contribution < -0.4 is 10.1 Å². The summed E-state index contributed by atoms with van der Waals surface area (Å²) in [6.45, 7) is 1.49. The lowest BCUT2D eigenvalue weighted by atomic mass is 9.86. The number of aldehydes is 1. The lowest BCUT2D eigenvalue weighted by Gasteiger charge is -2.22. The molecule has 6 heteroatoms. The van der Waals surface area contributed by atoms with Gasteiger partial charge in [-0.3, -0.25) is 9.59 Å². The van der Waals surface area contributed by atoms with E-state index in [2.05, 4.69) is 5.32 Å². The van der Waals surface area contributed by atoms with Crippen LogP contribution in [0.2, 0.25) is 0 Å². The fraction of sp³-hybridized carbons (Fsp3) is 0.609. The lowest BCUT2D eigenvalue weighted by molar-refractivity contribution is -0.132. The summed E-state index contributed by atoms with van der Waals surface area (Å²) in [5.74, 6) is 1.35. The Morgan fingerprint density at radius 1 is 1.17 bits per heavy atom. The van der Waals surface area contributed by atoms with Crippen molar-refractivity contribution in [1.82, 2.24) is 10.2 Å². The number of carbonyl (C=O) groups excluding carboxylic acids is 3. The van der Waals surface area contributed by atoms with Crippen LogP contribution in [0, 0.1) is 5.92 Å². The summed E-state index contributed by atoms with van der Waals surface area (Å²) in [6, 6.07) is 7.12. The molecule has 1 saturated carbocycles. The van der Waals surface area contributed by atoms with Gasteiger partial charge in [0.05, 0.1) is 12.6 Å². The van der Waals surface area contributed by atoms with E-state index in [0.29, 0.717) is 38.5 Å². The van der Waals surface area contributed by atoms with Gasteiger partial charge in [-0.15, -0.1) is 0 Å². The normalized spacial score (nSPS) is 18.1. The van der Waals surface area contributed by atoms with Gasteiger partial charge in [-0.25, -0.2) is 0 Å². The van der Waals surface area contributed by atoms with Gasteiger partial charge >= 0.3 is 0 Å². The summed E-state index contributed by atoms with van der Waals surface area (Å²) < 4.78 is 5.70. The third-order valence-electron chi connectivity index (χ3n) is 5.99. The average Bonchev–Trinajstić information content (AvgIpc) is 2.98. The molecule has 2 amide bonds. The van der Waals surface area contributed by atoms with Gasteiger partial charge in [-0.1, -0.05) is 50.3 Å². The summed E-state index contributed by atoms with van der Waals surface area (Å²) in [6.07, 6.45) is 8.90. The molecule has 158 valence electrons. The molecule has 1 fully saturated rings. The van der Waals surface area contributed by atoms with Crippen LogP contribution in [0.3, 0.4) is 0 Å². The average molecular weight is 401 g/mol. The molecule has 0 unspecified atom stereocenters. The van der Waals surface area contributed by atoms with E-state index < -0.39 is 6.04 Å². The second kappa shape index (κ2) is 11.0. The number of nitrogens with zero attached hydrogens (tertiary/aromatic N) is 1. The fourth-order valence-corrected chi connectivity index (χ4v) is 4.24. The molecule has 0 aromatic heterocycles. The predicted octanol–water partition coefficient (Wildman–Crippen LogP) is 3.23. The Bertz CT molecular complexity index is 700.